The summed E-state index contributed by atoms with van der Waals surface area (Å²) in [7, 11) is -5.41. The summed E-state index contributed by atoms with van der Waals surface area (Å²) in [6.45, 7) is 4.65. The zero-order valence-corrected chi connectivity index (χ0v) is 18.0. The number of carbonyl (C=O) groups is 1. The van der Waals surface area contributed by atoms with Crippen LogP contribution in [0.25, 0.3) is 10.7 Å². The second-order valence-electron chi connectivity index (χ2n) is 7.52. The molecule has 1 aliphatic rings. The lowest BCUT2D eigenvalue weighted by Gasteiger charge is -2.27. The molecule has 0 bridgehead atoms. The quantitative estimate of drug-likeness (QED) is 0.741. The number of hydrogen-bond acceptors (Lipinski definition) is 7. The molecule has 1 N–H and O–H groups in total. The van der Waals surface area contributed by atoms with E-state index in [0.29, 0.717) is 20.7 Å². The molecule has 9 nitrogen and oxygen atoms in total. The Bertz CT molecular complexity index is 1040. The summed E-state index contributed by atoms with van der Waals surface area (Å²) in [5.74, 6) is 0.202. The third-order valence-electron chi connectivity index (χ3n) is 3.98. The number of hydrogen-bond donors (Lipinski definition) is 1. The third kappa shape index (κ3) is 4.92. The highest BCUT2D eigenvalue weighted by molar-refractivity contribution is 7.89. The van der Waals surface area contributed by atoms with Crippen molar-refractivity contribution in [1.29, 1.82) is 0 Å². The van der Waals surface area contributed by atoms with E-state index in [1.807, 2.05) is 0 Å². The third-order valence-corrected chi connectivity index (χ3v) is 6.47. The summed E-state index contributed by atoms with van der Waals surface area (Å²) in [6, 6.07) is 0. The Morgan fingerprint density at radius 3 is 2.60 bits per heavy atom. The van der Waals surface area contributed by atoms with Gasteiger partial charge in [0.15, 0.2) is 0 Å². The first-order chi connectivity index (χ1) is 13.8. The average molecular weight is 467 g/mol. The van der Waals surface area contributed by atoms with Gasteiger partial charge in [-0.3, -0.25) is 0 Å². The Morgan fingerprint density at radius 1 is 1.27 bits per heavy atom. The molecule has 14 heteroatoms. The maximum Gasteiger partial charge on any atom is 0.511 e. The molecule has 0 atom stereocenters. The van der Waals surface area contributed by atoms with Gasteiger partial charge in [-0.1, -0.05) is 0 Å². The number of fused-ring (bicyclic) bond motifs is 1. The van der Waals surface area contributed by atoms with Crippen LogP contribution in [0.4, 0.5) is 18.0 Å². The van der Waals surface area contributed by atoms with Crippen molar-refractivity contribution in [2.75, 3.05) is 6.54 Å². The highest BCUT2D eigenvalue weighted by atomic mass is 32.2. The van der Waals surface area contributed by atoms with Gasteiger partial charge in [0, 0.05) is 24.7 Å². The largest absolute Gasteiger partial charge is 0.511 e. The molecule has 0 unspecified atom stereocenters. The Labute approximate surface area is 174 Å². The maximum absolute atomic E-state index is 12.8. The van der Waals surface area contributed by atoms with Crippen molar-refractivity contribution in [3.8, 4) is 10.7 Å². The minimum atomic E-state index is -5.41. The van der Waals surface area contributed by atoms with Crippen molar-refractivity contribution < 1.29 is 31.1 Å². The fraction of sp³-hybridized carbons (Fsp3) is 0.562. The lowest BCUT2D eigenvalue weighted by atomic mass is 10.2. The summed E-state index contributed by atoms with van der Waals surface area (Å²) in [5.41, 5.74) is -4.99. The molecule has 0 saturated carbocycles. The van der Waals surface area contributed by atoms with Crippen LogP contribution in [0.3, 0.4) is 0 Å². The van der Waals surface area contributed by atoms with Crippen LogP contribution in [0.1, 0.15) is 32.3 Å². The van der Waals surface area contributed by atoms with Crippen molar-refractivity contribution in [1.82, 2.24) is 24.2 Å². The number of alkyl halides is 3. The van der Waals surface area contributed by atoms with Gasteiger partial charge in [-0.25, -0.2) is 23.2 Å². The first kappa shape index (κ1) is 22.5. The van der Waals surface area contributed by atoms with Gasteiger partial charge in [-0.15, -0.1) is 11.3 Å². The van der Waals surface area contributed by atoms with E-state index < -0.39 is 33.8 Å². The second-order valence-corrected chi connectivity index (χ2v) is 10.3. The summed E-state index contributed by atoms with van der Waals surface area (Å²) >= 11 is 1.25. The van der Waals surface area contributed by atoms with Crippen molar-refractivity contribution in [3.63, 3.8) is 0 Å². The first-order valence-electron chi connectivity index (χ1n) is 8.80. The monoisotopic (exact) mass is 467 g/mol. The number of halogens is 3. The van der Waals surface area contributed by atoms with Crippen LogP contribution in [0.15, 0.2) is 11.6 Å². The number of aromatic nitrogens is 3. The number of rotatable bonds is 4. The van der Waals surface area contributed by atoms with Crippen molar-refractivity contribution in [3.05, 3.63) is 23.1 Å². The van der Waals surface area contributed by atoms with E-state index >= 15 is 0 Å². The number of nitrogens with zero attached hydrogens (tertiary/aromatic N) is 4. The molecule has 3 rings (SSSR count). The molecule has 0 aromatic carbocycles. The van der Waals surface area contributed by atoms with E-state index in [2.05, 4.69) is 15.3 Å². The molecule has 2 aromatic heterocycles. The predicted molar refractivity (Wildman–Crippen MR) is 102 cm³/mol. The van der Waals surface area contributed by atoms with Crippen molar-refractivity contribution in [2.24, 2.45) is 0 Å². The van der Waals surface area contributed by atoms with E-state index in [1.54, 1.807) is 36.9 Å². The maximum atomic E-state index is 12.8. The topological polar surface area (TPSA) is 106 Å². The van der Waals surface area contributed by atoms with Crippen LogP contribution in [0.2, 0.25) is 0 Å². The standard InChI is InChI=1S/C16H20F3N5O4S2/c1-15(2,3)28-14(25)20-6-10-9-29-13(21-10)11-7-23-4-5-24(8-12(23)22-11)30(26,27)16(17,18)19/h7,9H,4-6,8H2,1-3H3,(H,20,25). The van der Waals surface area contributed by atoms with Crippen molar-refractivity contribution >= 4 is 27.5 Å². The number of nitrogens with one attached hydrogen (secondary N) is 1. The molecular formula is C16H20F3N5O4S2. The van der Waals surface area contributed by atoms with Gasteiger partial charge in [0.25, 0.3) is 0 Å². The molecule has 2 aromatic rings. The van der Waals surface area contributed by atoms with Gasteiger partial charge < -0.3 is 14.6 Å². The van der Waals surface area contributed by atoms with E-state index in [1.165, 1.54) is 11.3 Å². The van der Waals surface area contributed by atoms with Crippen LogP contribution in [0, 0.1) is 0 Å². The molecule has 3 heterocycles. The number of thiazole rings is 1. The molecule has 0 saturated heterocycles. The Hall–Kier alpha value is -2.19. The fourth-order valence-corrected chi connectivity index (χ4v) is 4.34. The predicted octanol–water partition coefficient (Wildman–Crippen LogP) is 2.70. The van der Waals surface area contributed by atoms with Crippen LogP contribution < -0.4 is 5.32 Å². The van der Waals surface area contributed by atoms with Gasteiger partial charge in [-0.05, 0) is 20.8 Å². The summed E-state index contributed by atoms with van der Waals surface area (Å²) in [5, 5.41) is 4.80. The van der Waals surface area contributed by atoms with E-state index in [4.69, 9.17) is 4.74 Å². The second kappa shape index (κ2) is 7.81. The lowest BCUT2D eigenvalue weighted by molar-refractivity contribution is -0.0496. The number of sulfonamides is 1. The molecule has 1 amide bonds. The Morgan fingerprint density at radius 2 is 1.97 bits per heavy atom. The normalized spacial score (nSPS) is 15.7. The lowest BCUT2D eigenvalue weighted by Crippen LogP contribution is -2.44. The smallest absolute Gasteiger partial charge is 0.444 e. The zero-order chi connectivity index (χ0) is 22.3. The average Bonchev–Trinajstić information content (AvgIpc) is 3.23. The van der Waals surface area contributed by atoms with Gasteiger partial charge in [-0.2, -0.15) is 17.5 Å². The molecule has 0 radical (unpaired) electrons. The Kier molecular flexibility index (Phi) is 5.86. The van der Waals surface area contributed by atoms with Crippen molar-refractivity contribution in [2.45, 2.75) is 51.5 Å². The number of ether oxygens (including phenoxy) is 1. The highest BCUT2D eigenvalue weighted by Gasteiger charge is 2.50. The van der Waals surface area contributed by atoms with E-state index in [0.717, 1.165) is 0 Å². The highest BCUT2D eigenvalue weighted by Crippen LogP contribution is 2.31. The van der Waals surface area contributed by atoms with E-state index in [9.17, 15) is 26.4 Å². The summed E-state index contributed by atoms with van der Waals surface area (Å²) < 4.78 is 68.7. The van der Waals surface area contributed by atoms with Gasteiger partial charge in [0.1, 0.15) is 22.1 Å². The SMILES string of the molecule is CC(C)(C)OC(=O)NCc1csc(-c2cn3c(n2)CN(S(=O)(=O)C(F)(F)F)CC3)n1. The van der Waals surface area contributed by atoms with Crippen LogP contribution in [-0.2, 0) is 34.4 Å². The molecule has 0 aliphatic carbocycles. The van der Waals surface area contributed by atoms with E-state index in [-0.39, 0.29) is 25.5 Å². The molecule has 0 fully saturated rings. The van der Waals surface area contributed by atoms with Crippen LogP contribution in [0.5, 0.6) is 0 Å². The number of alkyl carbamates (subject to hydrolysis) is 1. The summed E-state index contributed by atoms with van der Waals surface area (Å²) in [4.78, 5) is 20.3. The number of imidazole rings is 1. The van der Waals surface area contributed by atoms with Crippen LogP contribution in [-0.4, -0.2) is 51.0 Å². The molecule has 166 valence electrons. The van der Waals surface area contributed by atoms with Gasteiger partial charge >= 0.3 is 21.6 Å². The minimum absolute atomic E-state index is 0.0517. The van der Waals surface area contributed by atoms with Gasteiger partial charge in [0.05, 0.1) is 18.8 Å². The molecule has 30 heavy (non-hydrogen) atoms. The van der Waals surface area contributed by atoms with Crippen LogP contribution >= 0.6 is 11.3 Å². The van der Waals surface area contributed by atoms with Gasteiger partial charge in [0.2, 0.25) is 0 Å². The molecule has 0 spiro atoms. The number of carbonyl (C=O) groups excluding carboxylic acids is 1. The molecule has 1 aliphatic heterocycles. The minimum Gasteiger partial charge on any atom is -0.444 e. The first-order valence-corrected chi connectivity index (χ1v) is 11.1. The number of amides is 1. The Balaban J connectivity index is 1.68. The molecular weight excluding hydrogens is 447 g/mol. The summed E-state index contributed by atoms with van der Waals surface area (Å²) in [6.07, 6.45) is 1.04. The fourth-order valence-electron chi connectivity index (χ4n) is 2.67. The zero-order valence-electron chi connectivity index (χ0n) is 16.4.